The minimum atomic E-state index is -0.185. The van der Waals surface area contributed by atoms with E-state index in [4.69, 9.17) is 10.8 Å². The van der Waals surface area contributed by atoms with E-state index in [2.05, 4.69) is 15.6 Å². The molecule has 0 unspecified atom stereocenters. The Hall–Kier alpha value is -1.34. The van der Waals surface area contributed by atoms with Gasteiger partial charge >= 0.3 is 0 Å². The highest BCUT2D eigenvalue weighted by molar-refractivity contribution is 7.18. The molecule has 1 aromatic heterocycles. The van der Waals surface area contributed by atoms with Gasteiger partial charge in [0.25, 0.3) is 5.91 Å². The van der Waals surface area contributed by atoms with Crippen LogP contribution in [0.25, 0.3) is 0 Å². The van der Waals surface area contributed by atoms with Crippen LogP contribution < -0.4 is 16.4 Å². The highest BCUT2D eigenvalue weighted by Crippen LogP contribution is 2.47. The summed E-state index contributed by atoms with van der Waals surface area (Å²) in [6.07, 6.45) is 2.87. The third-order valence-electron chi connectivity index (χ3n) is 3.30. The Balaban J connectivity index is 1.93. The fourth-order valence-electron chi connectivity index (χ4n) is 1.88. The van der Waals surface area contributed by atoms with E-state index in [0.29, 0.717) is 16.6 Å². The molecule has 6 nitrogen and oxygen atoms in total. The van der Waals surface area contributed by atoms with Crippen LogP contribution in [0.2, 0.25) is 0 Å². The minimum Gasteiger partial charge on any atom is -0.396 e. The number of anilines is 2. The van der Waals surface area contributed by atoms with Crippen molar-refractivity contribution in [3.63, 3.8) is 0 Å². The van der Waals surface area contributed by atoms with Crippen LogP contribution in [0.15, 0.2) is 0 Å². The first-order chi connectivity index (χ1) is 8.60. The summed E-state index contributed by atoms with van der Waals surface area (Å²) in [6, 6.07) is 0. The molecule has 100 valence electrons. The van der Waals surface area contributed by atoms with Gasteiger partial charge in [0, 0.05) is 20.2 Å². The molecule has 1 saturated carbocycles. The molecule has 0 saturated heterocycles. The molecule has 2 rings (SSSR count). The summed E-state index contributed by atoms with van der Waals surface area (Å²) in [5.41, 5.74) is 5.80. The number of nitrogens with one attached hydrogen (secondary N) is 2. The lowest BCUT2D eigenvalue weighted by molar-refractivity contribution is 0.0945. The summed E-state index contributed by atoms with van der Waals surface area (Å²) in [7, 11) is 1.74. The molecular formula is C11H18N4O2S. The first kappa shape index (κ1) is 13.1. The quantitative estimate of drug-likeness (QED) is 0.608. The summed E-state index contributed by atoms with van der Waals surface area (Å²) in [6.45, 7) is 0.765. The van der Waals surface area contributed by atoms with E-state index in [9.17, 15) is 4.79 Å². The van der Waals surface area contributed by atoms with Crippen LogP contribution in [-0.4, -0.2) is 36.2 Å². The third-order valence-corrected chi connectivity index (χ3v) is 4.38. The van der Waals surface area contributed by atoms with Gasteiger partial charge < -0.3 is 21.5 Å². The molecule has 18 heavy (non-hydrogen) atoms. The third kappa shape index (κ3) is 2.73. The van der Waals surface area contributed by atoms with Gasteiger partial charge in [0.05, 0.1) is 0 Å². The van der Waals surface area contributed by atoms with E-state index in [1.807, 2.05) is 0 Å². The Morgan fingerprint density at radius 3 is 2.83 bits per heavy atom. The van der Waals surface area contributed by atoms with E-state index in [1.54, 1.807) is 7.05 Å². The van der Waals surface area contributed by atoms with Crippen LogP contribution in [0.5, 0.6) is 0 Å². The highest BCUT2D eigenvalue weighted by atomic mass is 32.1. The van der Waals surface area contributed by atoms with Crippen molar-refractivity contribution in [3.8, 4) is 0 Å². The number of thiazole rings is 1. The lowest BCUT2D eigenvalue weighted by Crippen LogP contribution is -2.30. The minimum absolute atomic E-state index is 0.107. The summed E-state index contributed by atoms with van der Waals surface area (Å²) in [5.74, 6) is 0.0737. The van der Waals surface area contributed by atoms with Gasteiger partial charge in [-0.1, -0.05) is 11.3 Å². The number of aromatic nitrogens is 1. The summed E-state index contributed by atoms with van der Waals surface area (Å²) >= 11 is 1.24. The topological polar surface area (TPSA) is 100 Å². The molecule has 0 aromatic carbocycles. The van der Waals surface area contributed by atoms with Gasteiger partial charge in [-0.2, -0.15) is 0 Å². The lowest BCUT2D eigenvalue weighted by Gasteiger charge is -2.13. The van der Waals surface area contributed by atoms with Crippen LogP contribution >= 0.6 is 11.3 Å². The molecule has 1 aliphatic carbocycles. The Morgan fingerprint density at radius 2 is 2.33 bits per heavy atom. The molecule has 7 heteroatoms. The van der Waals surface area contributed by atoms with Gasteiger partial charge in [0.2, 0.25) is 0 Å². The first-order valence-electron chi connectivity index (χ1n) is 5.93. The van der Waals surface area contributed by atoms with Gasteiger partial charge in [0.15, 0.2) is 5.13 Å². The summed E-state index contributed by atoms with van der Waals surface area (Å²) in [4.78, 5) is 16.4. The fourth-order valence-corrected chi connectivity index (χ4v) is 2.63. The van der Waals surface area contributed by atoms with Gasteiger partial charge in [-0.05, 0) is 24.7 Å². The lowest BCUT2D eigenvalue weighted by atomic mass is 10.0. The standard InChI is InChI=1S/C11H18N4O2S/c1-13-10-15-8(12)7(18-10)9(17)14-6-11(2-3-11)4-5-16/h16H,2-6,12H2,1H3,(H,13,15)(H,14,17). The summed E-state index contributed by atoms with van der Waals surface area (Å²) in [5, 5.41) is 15.3. The van der Waals surface area contributed by atoms with Crippen LogP contribution in [0, 0.1) is 5.41 Å². The van der Waals surface area contributed by atoms with E-state index in [0.717, 1.165) is 19.3 Å². The van der Waals surface area contributed by atoms with E-state index < -0.39 is 0 Å². The maximum Gasteiger partial charge on any atom is 0.265 e. The van der Waals surface area contributed by atoms with E-state index in [-0.39, 0.29) is 23.7 Å². The first-order valence-corrected chi connectivity index (χ1v) is 6.75. The molecule has 1 fully saturated rings. The second-order valence-electron chi connectivity index (χ2n) is 4.64. The zero-order valence-corrected chi connectivity index (χ0v) is 11.1. The number of hydrogen-bond acceptors (Lipinski definition) is 6. The van der Waals surface area contributed by atoms with Crippen molar-refractivity contribution in [2.75, 3.05) is 31.2 Å². The van der Waals surface area contributed by atoms with Crippen molar-refractivity contribution in [1.82, 2.24) is 10.3 Å². The number of aliphatic hydroxyl groups excluding tert-OH is 1. The summed E-state index contributed by atoms with van der Waals surface area (Å²) < 4.78 is 0. The number of nitrogen functional groups attached to an aromatic ring is 1. The van der Waals surface area contributed by atoms with Gasteiger partial charge in [-0.3, -0.25) is 4.79 Å². The van der Waals surface area contributed by atoms with Crippen LogP contribution in [0.4, 0.5) is 10.9 Å². The SMILES string of the molecule is CNc1nc(N)c(C(=O)NCC2(CCO)CC2)s1. The van der Waals surface area contributed by atoms with Crippen molar-refractivity contribution in [2.45, 2.75) is 19.3 Å². The Morgan fingerprint density at radius 1 is 1.61 bits per heavy atom. The molecule has 0 atom stereocenters. The Kier molecular flexibility index (Phi) is 3.72. The zero-order chi connectivity index (χ0) is 13.2. The maximum atomic E-state index is 12.0. The number of nitrogens with two attached hydrogens (primary N) is 1. The van der Waals surface area contributed by atoms with Gasteiger partial charge in [0.1, 0.15) is 10.7 Å². The molecule has 0 spiro atoms. The van der Waals surface area contributed by atoms with Crippen LogP contribution in [0.3, 0.4) is 0 Å². The number of hydrogen-bond donors (Lipinski definition) is 4. The predicted octanol–water partition coefficient (Wildman–Crippen LogP) is 0.659. The van der Waals surface area contributed by atoms with Gasteiger partial charge in [-0.15, -0.1) is 0 Å². The fraction of sp³-hybridized carbons (Fsp3) is 0.636. The largest absolute Gasteiger partial charge is 0.396 e. The van der Waals surface area contributed by atoms with Crippen LogP contribution in [0.1, 0.15) is 28.9 Å². The Bertz CT molecular complexity index is 442. The second kappa shape index (κ2) is 5.11. The maximum absolute atomic E-state index is 12.0. The number of amides is 1. The molecule has 5 N–H and O–H groups in total. The average molecular weight is 270 g/mol. The van der Waals surface area contributed by atoms with E-state index in [1.165, 1.54) is 11.3 Å². The zero-order valence-electron chi connectivity index (χ0n) is 10.3. The Labute approximate surface area is 110 Å². The van der Waals surface area contributed by atoms with Crippen LogP contribution in [-0.2, 0) is 0 Å². The molecule has 0 radical (unpaired) electrons. The van der Waals surface area contributed by atoms with Crippen molar-refractivity contribution in [2.24, 2.45) is 5.41 Å². The number of carbonyl (C=O) groups is 1. The normalized spacial score (nSPS) is 16.3. The highest BCUT2D eigenvalue weighted by Gasteiger charge is 2.42. The van der Waals surface area contributed by atoms with Crippen molar-refractivity contribution >= 4 is 28.2 Å². The molecule has 0 aliphatic heterocycles. The molecule has 0 bridgehead atoms. The second-order valence-corrected chi connectivity index (χ2v) is 5.64. The monoisotopic (exact) mass is 270 g/mol. The van der Waals surface area contributed by atoms with Crippen molar-refractivity contribution in [1.29, 1.82) is 0 Å². The number of aliphatic hydroxyl groups is 1. The molecule has 1 aromatic rings. The molecular weight excluding hydrogens is 252 g/mol. The molecule has 1 amide bonds. The number of rotatable bonds is 6. The van der Waals surface area contributed by atoms with Crippen molar-refractivity contribution in [3.05, 3.63) is 4.88 Å². The number of carbonyl (C=O) groups excluding carboxylic acids is 1. The molecule has 1 aliphatic rings. The van der Waals surface area contributed by atoms with Gasteiger partial charge in [-0.25, -0.2) is 4.98 Å². The average Bonchev–Trinajstić information content (AvgIpc) is 3.01. The number of nitrogens with zero attached hydrogens (tertiary/aromatic N) is 1. The van der Waals surface area contributed by atoms with Crippen molar-refractivity contribution < 1.29 is 9.90 Å². The molecule has 1 heterocycles. The predicted molar refractivity (Wildman–Crippen MR) is 71.8 cm³/mol. The van der Waals surface area contributed by atoms with E-state index >= 15 is 0 Å². The smallest absolute Gasteiger partial charge is 0.265 e.